The maximum atomic E-state index is 11.9. The number of nitrogens with zero attached hydrogens (tertiary/aromatic N) is 1. The molecule has 2 aromatic heterocycles. The number of aliphatic hydroxyl groups excluding tert-OH is 1. The lowest BCUT2D eigenvalue weighted by Gasteiger charge is -2.01. The van der Waals surface area contributed by atoms with Crippen LogP contribution < -0.4 is 0 Å². The minimum absolute atomic E-state index is 0.133. The van der Waals surface area contributed by atoms with Gasteiger partial charge in [0.2, 0.25) is 0 Å². The van der Waals surface area contributed by atoms with E-state index in [1.54, 1.807) is 13.1 Å². The van der Waals surface area contributed by atoms with Gasteiger partial charge in [-0.25, -0.2) is 4.79 Å². The molecule has 6 heteroatoms. The average Bonchev–Trinajstić information content (AvgIpc) is 3.02. The van der Waals surface area contributed by atoms with Crippen molar-refractivity contribution in [3.8, 4) is 11.3 Å². The topological polar surface area (TPSA) is 75.2 Å². The fourth-order valence-electron chi connectivity index (χ4n) is 1.99. The van der Waals surface area contributed by atoms with Gasteiger partial charge in [-0.1, -0.05) is 0 Å². The van der Waals surface area contributed by atoms with Crippen molar-refractivity contribution < 1.29 is 14.6 Å². The van der Waals surface area contributed by atoms with E-state index in [-0.39, 0.29) is 12.6 Å². The molecule has 0 aliphatic heterocycles. The highest BCUT2D eigenvalue weighted by molar-refractivity contribution is 7.14. The Kier molecular flexibility index (Phi) is 4.92. The molecule has 0 aliphatic rings. The third kappa shape index (κ3) is 3.08. The maximum absolute atomic E-state index is 11.9. The van der Waals surface area contributed by atoms with E-state index in [1.165, 1.54) is 11.3 Å². The molecule has 0 spiro atoms. The van der Waals surface area contributed by atoms with E-state index in [4.69, 9.17) is 9.84 Å². The summed E-state index contributed by atoms with van der Waals surface area (Å²) in [6.07, 6.45) is 3.16. The first-order chi connectivity index (χ1) is 9.67. The number of aryl methyl sites for hydroxylation is 2. The van der Waals surface area contributed by atoms with Gasteiger partial charge in [-0.3, -0.25) is 5.10 Å². The van der Waals surface area contributed by atoms with Crippen LogP contribution in [0.15, 0.2) is 12.3 Å². The SMILES string of the molecule is CCOC(=O)c1cc(-c2[nH]ncc2C)c(CCCO)s1. The number of hydrogen-bond donors (Lipinski definition) is 2. The predicted octanol–water partition coefficient (Wildman–Crippen LogP) is 2.55. The lowest BCUT2D eigenvalue weighted by Crippen LogP contribution is -2.01. The van der Waals surface area contributed by atoms with E-state index in [1.807, 2.05) is 13.0 Å². The van der Waals surface area contributed by atoms with Crippen molar-refractivity contribution >= 4 is 17.3 Å². The van der Waals surface area contributed by atoms with E-state index >= 15 is 0 Å². The summed E-state index contributed by atoms with van der Waals surface area (Å²) in [5, 5.41) is 16.0. The van der Waals surface area contributed by atoms with Crippen molar-refractivity contribution in [1.82, 2.24) is 10.2 Å². The van der Waals surface area contributed by atoms with Crippen LogP contribution in [0.1, 0.15) is 33.5 Å². The van der Waals surface area contributed by atoms with E-state index in [0.29, 0.717) is 17.9 Å². The summed E-state index contributed by atoms with van der Waals surface area (Å²) in [6.45, 7) is 4.25. The van der Waals surface area contributed by atoms with Crippen molar-refractivity contribution in [3.05, 3.63) is 27.6 Å². The predicted molar refractivity (Wildman–Crippen MR) is 78.0 cm³/mol. The van der Waals surface area contributed by atoms with Gasteiger partial charge in [0.05, 0.1) is 18.5 Å². The molecule has 2 heterocycles. The molecule has 2 aromatic rings. The number of esters is 1. The molecular weight excluding hydrogens is 276 g/mol. The van der Waals surface area contributed by atoms with Gasteiger partial charge in [-0.05, 0) is 38.3 Å². The molecule has 108 valence electrons. The summed E-state index contributed by atoms with van der Waals surface area (Å²) in [7, 11) is 0. The van der Waals surface area contributed by atoms with Crippen molar-refractivity contribution in [2.24, 2.45) is 0 Å². The molecule has 0 saturated heterocycles. The molecule has 0 aromatic carbocycles. The smallest absolute Gasteiger partial charge is 0.348 e. The summed E-state index contributed by atoms with van der Waals surface area (Å²) in [5.41, 5.74) is 2.93. The number of carbonyl (C=O) groups is 1. The molecule has 0 radical (unpaired) electrons. The molecule has 0 atom stereocenters. The molecule has 0 unspecified atom stereocenters. The maximum Gasteiger partial charge on any atom is 0.348 e. The minimum atomic E-state index is -0.300. The average molecular weight is 294 g/mol. The van der Waals surface area contributed by atoms with Crippen molar-refractivity contribution in [3.63, 3.8) is 0 Å². The van der Waals surface area contributed by atoms with Gasteiger partial charge >= 0.3 is 5.97 Å². The van der Waals surface area contributed by atoms with Gasteiger partial charge in [-0.15, -0.1) is 11.3 Å². The van der Waals surface area contributed by atoms with Gasteiger partial charge in [0.15, 0.2) is 0 Å². The van der Waals surface area contributed by atoms with Gasteiger partial charge in [0.25, 0.3) is 0 Å². The van der Waals surface area contributed by atoms with Gasteiger partial charge in [-0.2, -0.15) is 5.10 Å². The van der Waals surface area contributed by atoms with Crippen molar-refractivity contribution in [2.45, 2.75) is 26.7 Å². The lowest BCUT2D eigenvalue weighted by molar-refractivity contribution is 0.0532. The fraction of sp³-hybridized carbons (Fsp3) is 0.429. The summed E-state index contributed by atoms with van der Waals surface area (Å²) >= 11 is 1.42. The van der Waals surface area contributed by atoms with Crippen LogP contribution in [0.25, 0.3) is 11.3 Å². The standard InChI is InChI=1S/C14H18N2O3S/c1-3-19-14(18)12-7-10(11(20-12)5-4-6-17)13-9(2)8-15-16-13/h7-8,17H,3-6H2,1-2H3,(H,15,16). The van der Waals surface area contributed by atoms with Gasteiger partial charge in [0.1, 0.15) is 4.88 Å². The Balaban J connectivity index is 2.37. The Morgan fingerprint density at radius 3 is 2.95 bits per heavy atom. The van der Waals surface area contributed by atoms with Gasteiger partial charge in [0, 0.05) is 17.0 Å². The van der Waals surface area contributed by atoms with E-state index in [0.717, 1.165) is 28.1 Å². The van der Waals surface area contributed by atoms with Crippen LogP contribution in [-0.4, -0.2) is 34.5 Å². The molecule has 0 amide bonds. The second kappa shape index (κ2) is 6.67. The number of ether oxygens (including phenoxy) is 1. The first-order valence-electron chi connectivity index (χ1n) is 6.58. The second-order valence-electron chi connectivity index (χ2n) is 4.42. The van der Waals surface area contributed by atoms with Crippen LogP contribution in [0, 0.1) is 6.92 Å². The number of hydrogen-bond acceptors (Lipinski definition) is 5. The molecule has 5 nitrogen and oxygen atoms in total. The number of thiophene rings is 1. The Morgan fingerprint density at radius 2 is 2.35 bits per heavy atom. The number of nitrogens with one attached hydrogen (secondary N) is 1. The summed E-state index contributed by atoms with van der Waals surface area (Å²) in [4.78, 5) is 13.5. The quantitative estimate of drug-likeness (QED) is 0.803. The number of aliphatic hydroxyl groups is 1. The molecule has 2 N–H and O–H groups in total. The third-order valence-electron chi connectivity index (χ3n) is 2.95. The van der Waals surface area contributed by atoms with E-state index in [2.05, 4.69) is 10.2 Å². The van der Waals surface area contributed by atoms with Crippen LogP contribution in [0.3, 0.4) is 0 Å². The number of H-pyrrole nitrogens is 1. The highest BCUT2D eigenvalue weighted by atomic mass is 32.1. The lowest BCUT2D eigenvalue weighted by atomic mass is 10.1. The summed E-state index contributed by atoms with van der Waals surface area (Å²) in [6, 6.07) is 1.84. The van der Waals surface area contributed by atoms with Crippen LogP contribution in [-0.2, 0) is 11.2 Å². The monoisotopic (exact) mass is 294 g/mol. The van der Waals surface area contributed by atoms with Crippen LogP contribution in [0.5, 0.6) is 0 Å². The zero-order valence-corrected chi connectivity index (χ0v) is 12.4. The van der Waals surface area contributed by atoms with Gasteiger partial charge < -0.3 is 9.84 Å². The zero-order chi connectivity index (χ0) is 14.5. The Bertz CT molecular complexity index is 589. The first kappa shape index (κ1) is 14.7. The number of aromatic amines is 1. The van der Waals surface area contributed by atoms with Crippen molar-refractivity contribution in [1.29, 1.82) is 0 Å². The number of carbonyl (C=O) groups excluding carboxylic acids is 1. The van der Waals surface area contributed by atoms with Crippen LogP contribution in [0.2, 0.25) is 0 Å². The van der Waals surface area contributed by atoms with Crippen LogP contribution >= 0.6 is 11.3 Å². The molecular formula is C14H18N2O3S. The Morgan fingerprint density at radius 1 is 1.55 bits per heavy atom. The highest BCUT2D eigenvalue weighted by Gasteiger charge is 2.18. The van der Waals surface area contributed by atoms with E-state index < -0.39 is 0 Å². The summed E-state index contributed by atoms with van der Waals surface area (Å²) in [5.74, 6) is -0.300. The number of aromatic nitrogens is 2. The molecule has 0 bridgehead atoms. The molecule has 20 heavy (non-hydrogen) atoms. The number of rotatable bonds is 6. The largest absolute Gasteiger partial charge is 0.462 e. The highest BCUT2D eigenvalue weighted by Crippen LogP contribution is 2.33. The molecule has 0 aliphatic carbocycles. The normalized spacial score (nSPS) is 10.8. The fourth-order valence-corrected chi connectivity index (χ4v) is 3.09. The molecule has 0 fully saturated rings. The third-order valence-corrected chi connectivity index (χ3v) is 4.12. The minimum Gasteiger partial charge on any atom is -0.462 e. The molecule has 2 rings (SSSR count). The Hall–Kier alpha value is -1.66. The van der Waals surface area contributed by atoms with Crippen LogP contribution in [0.4, 0.5) is 0 Å². The first-order valence-corrected chi connectivity index (χ1v) is 7.40. The van der Waals surface area contributed by atoms with Crippen molar-refractivity contribution in [2.75, 3.05) is 13.2 Å². The zero-order valence-electron chi connectivity index (χ0n) is 11.6. The van der Waals surface area contributed by atoms with E-state index in [9.17, 15) is 4.79 Å². The molecule has 0 saturated carbocycles. The second-order valence-corrected chi connectivity index (χ2v) is 5.56. The Labute approximate surface area is 121 Å². The summed E-state index contributed by atoms with van der Waals surface area (Å²) < 4.78 is 5.04.